The first-order chi connectivity index (χ1) is 18.4. The second-order valence-electron chi connectivity index (χ2n) is 10.1. The zero-order chi connectivity index (χ0) is 26.7. The molecule has 1 heterocycles. The fourth-order valence-electron chi connectivity index (χ4n) is 5.48. The molecule has 38 heavy (non-hydrogen) atoms. The standard InChI is InChI=1S/C33H34N2O3/c1-35(2)19-18-33(37,29-15-9-13-24-10-7-8-14-27(24)29)31(25-11-5-4-6-12-25)28-21-26-20-23(22-36)16-17-30(26)34-32(28)38-3/h4-17,20-21,31,36-37H,18-19,22H2,1-3H3. The lowest BCUT2D eigenvalue weighted by Gasteiger charge is -2.39. The minimum Gasteiger partial charge on any atom is -0.481 e. The highest BCUT2D eigenvalue weighted by molar-refractivity contribution is 5.87. The van der Waals surface area contributed by atoms with Gasteiger partial charge in [0.2, 0.25) is 5.88 Å². The van der Waals surface area contributed by atoms with Crippen LogP contribution in [0.1, 0.15) is 34.6 Å². The molecule has 0 fully saturated rings. The number of ether oxygens (including phenoxy) is 1. The molecule has 0 amide bonds. The average molecular weight is 507 g/mol. The van der Waals surface area contributed by atoms with Crippen LogP contribution < -0.4 is 4.74 Å². The van der Waals surface area contributed by atoms with Gasteiger partial charge in [0.05, 0.1) is 19.2 Å². The molecule has 4 aromatic carbocycles. The molecule has 0 saturated heterocycles. The molecule has 5 nitrogen and oxygen atoms in total. The van der Waals surface area contributed by atoms with E-state index >= 15 is 0 Å². The summed E-state index contributed by atoms with van der Waals surface area (Å²) < 4.78 is 5.87. The predicted octanol–water partition coefficient (Wildman–Crippen LogP) is 5.86. The number of benzene rings is 4. The van der Waals surface area contributed by atoms with Crippen LogP contribution in [0.3, 0.4) is 0 Å². The van der Waals surface area contributed by atoms with Gasteiger partial charge in [-0.1, -0.05) is 78.9 Å². The number of methoxy groups -OCH3 is 1. The zero-order valence-corrected chi connectivity index (χ0v) is 22.1. The van der Waals surface area contributed by atoms with Crippen LogP contribution in [-0.4, -0.2) is 47.8 Å². The summed E-state index contributed by atoms with van der Waals surface area (Å²) in [5.41, 5.74) is 2.94. The minimum atomic E-state index is -1.29. The highest BCUT2D eigenvalue weighted by Gasteiger charge is 2.43. The third-order valence-electron chi connectivity index (χ3n) is 7.37. The van der Waals surface area contributed by atoms with Gasteiger partial charge in [-0.3, -0.25) is 0 Å². The SMILES string of the molecule is COc1nc2ccc(CO)cc2cc1C(c1ccccc1)C(O)(CCN(C)C)c1cccc2ccccc12. The number of hydrogen-bond acceptors (Lipinski definition) is 5. The van der Waals surface area contributed by atoms with Crippen LogP contribution in [0, 0.1) is 0 Å². The van der Waals surface area contributed by atoms with E-state index in [1.54, 1.807) is 7.11 Å². The zero-order valence-electron chi connectivity index (χ0n) is 22.1. The maximum Gasteiger partial charge on any atom is 0.217 e. The first-order valence-electron chi connectivity index (χ1n) is 12.9. The van der Waals surface area contributed by atoms with Crippen LogP contribution >= 0.6 is 0 Å². The molecule has 2 atom stereocenters. The summed E-state index contributed by atoms with van der Waals surface area (Å²) >= 11 is 0. The maximum absolute atomic E-state index is 13.0. The second kappa shape index (κ2) is 10.9. The molecule has 5 rings (SSSR count). The van der Waals surface area contributed by atoms with Gasteiger partial charge >= 0.3 is 0 Å². The van der Waals surface area contributed by atoms with E-state index < -0.39 is 11.5 Å². The molecule has 5 aromatic rings. The van der Waals surface area contributed by atoms with Gasteiger partial charge in [-0.2, -0.15) is 0 Å². The number of pyridine rings is 1. The lowest BCUT2D eigenvalue weighted by molar-refractivity contribution is 0.00520. The van der Waals surface area contributed by atoms with Crippen molar-refractivity contribution in [2.45, 2.75) is 24.5 Å². The molecule has 0 aliphatic heterocycles. The fraction of sp³-hybridized carbons (Fsp3) is 0.242. The Hall–Kier alpha value is -3.77. The Bertz CT molecular complexity index is 1550. The first kappa shape index (κ1) is 25.9. The molecule has 0 saturated carbocycles. The van der Waals surface area contributed by atoms with E-state index in [1.807, 2.05) is 74.8 Å². The number of hydrogen-bond donors (Lipinski definition) is 2. The molecule has 0 bridgehead atoms. The number of nitrogens with zero attached hydrogens (tertiary/aromatic N) is 2. The molecule has 0 radical (unpaired) electrons. The summed E-state index contributed by atoms with van der Waals surface area (Å²) in [6.07, 6.45) is 0.492. The Morgan fingerprint density at radius 1 is 0.868 bits per heavy atom. The number of fused-ring (bicyclic) bond motifs is 2. The number of aromatic nitrogens is 1. The highest BCUT2D eigenvalue weighted by atomic mass is 16.5. The van der Waals surface area contributed by atoms with Gasteiger partial charge in [0, 0.05) is 23.4 Å². The summed E-state index contributed by atoms with van der Waals surface area (Å²) in [5, 5.41) is 25.8. The van der Waals surface area contributed by atoms with Gasteiger partial charge in [0.1, 0.15) is 5.60 Å². The third kappa shape index (κ3) is 4.88. The monoisotopic (exact) mass is 506 g/mol. The van der Waals surface area contributed by atoms with Crippen molar-refractivity contribution >= 4 is 21.7 Å². The van der Waals surface area contributed by atoms with Crippen molar-refractivity contribution in [3.63, 3.8) is 0 Å². The Labute approximate surface area is 224 Å². The van der Waals surface area contributed by atoms with Crippen molar-refractivity contribution in [3.05, 3.63) is 119 Å². The Morgan fingerprint density at radius 3 is 2.34 bits per heavy atom. The van der Waals surface area contributed by atoms with E-state index in [2.05, 4.69) is 41.3 Å². The molecule has 5 heteroatoms. The van der Waals surface area contributed by atoms with E-state index in [4.69, 9.17) is 9.72 Å². The summed E-state index contributed by atoms with van der Waals surface area (Å²) in [5.74, 6) is 0.00528. The van der Waals surface area contributed by atoms with Crippen LogP contribution in [0.5, 0.6) is 5.88 Å². The van der Waals surface area contributed by atoms with Gasteiger partial charge in [-0.15, -0.1) is 0 Å². The molecule has 194 valence electrons. The molecule has 2 N–H and O–H groups in total. The van der Waals surface area contributed by atoms with E-state index in [0.29, 0.717) is 18.8 Å². The van der Waals surface area contributed by atoms with Crippen LogP contribution in [0.25, 0.3) is 21.7 Å². The van der Waals surface area contributed by atoms with Crippen LogP contribution in [-0.2, 0) is 12.2 Å². The normalized spacial score (nSPS) is 14.1. The number of aliphatic hydroxyl groups is 2. The van der Waals surface area contributed by atoms with Crippen LogP contribution in [0.4, 0.5) is 0 Å². The van der Waals surface area contributed by atoms with Crippen molar-refractivity contribution in [1.82, 2.24) is 9.88 Å². The minimum absolute atomic E-state index is 0.0534. The van der Waals surface area contributed by atoms with Crippen LogP contribution in [0.2, 0.25) is 0 Å². The lowest BCUT2D eigenvalue weighted by Crippen LogP contribution is -2.38. The topological polar surface area (TPSA) is 65.8 Å². The number of rotatable bonds is 9. The van der Waals surface area contributed by atoms with Crippen LogP contribution in [0.15, 0.2) is 97.1 Å². The molecule has 0 spiro atoms. The van der Waals surface area contributed by atoms with Crippen molar-refractivity contribution in [1.29, 1.82) is 0 Å². The number of aliphatic hydroxyl groups excluding tert-OH is 1. The summed E-state index contributed by atoms with van der Waals surface area (Å²) in [7, 11) is 5.67. The van der Waals surface area contributed by atoms with Crippen molar-refractivity contribution in [3.8, 4) is 5.88 Å². The molecular formula is C33H34N2O3. The van der Waals surface area contributed by atoms with Crippen molar-refractivity contribution in [2.75, 3.05) is 27.7 Å². The van der Waals surface area contributed by atoms with Crippen molar-refractivity contribution < 1.29 is 14.9 Å². The third-order valence-corrected chi connectivity index (χ3v) is 7.37. The summed E-state index contributed by atoms with van der Waals surface area (Å²) in [6, 6.07) is 32.2. The maximum atomic E-state index is 13.0. The fourth-order valence-corrected chi connectivity index (χ4v) is 5.48. The second-order valence-corrected chi connectivity index (χ2v) is 10.1. The predicted molar refractivity (Wildman–Crippen MR) is 154 cm³/mol. The Kier molecular flexibility index (Phi) is 7.43. The van der Waals surface area contributed by atoms with Gasteiger partial charge in [-0.05, 0) is 66.2 Å². The van der Waals surface area contributed by atoms with Gasteiger partial charge in [0.25, 0.3) is 0 Å². The van der Waals surface area contributed by atoms with E-state index in [-0.39, 0.29) is 6.61 Å². The van der Waals surface area contributed by atoms with E-state index in [1.165, 1.54) is 0 Å². The Balaban J connectivity index is 1.83. The average Bonchev–Trinajstić information content (AvgIpc) is 2.95. The summed E-state index contributed by atoms with van der Waals surface area (Å²) in [4.78, 5) is 6.95. The highest BCUT2D eigenvalue weighted by Crippen LogP contribution is 2.48. The molecule has 0 aliphatic carbocycles. The van der Waals surface area contributed by atoms with E-state index in [0.717, 1.165) is 43.9 Å². The molecule has 0 aliphatic rings. The smallest absolute Gasteiger partial charge is 0.217 e. The quantitative estimate of drug-likeness (QED) is 0.262. The molecule has 2 unspecified atom stereocenters. The van der Waals surface area contributed by atoms with Gasteiger partial charge in [-0.25, -0.2) is 4.98 Å². The summed E-state index contributed by atoms with van der Waals surface area (Å²) in [6.45, 7) is 0.628. The molecule has 1 aromatic heterocycles. The van der Waals surface area contributed by atoms with Gasteiger partial charge in [0.15, 0.2) is 0 Å². The largest absolute Gasteiger partial charge is 0.481 e. The molecular weight excluding hydrogens is 472 g/mol. The first-order valence-corrected chi connectivity index (χ1v) is 12.9. The lowest BCUT2D eigenvalue weighted by atomic mass is 9.70. The van der Waals surface area contributed by atoms with Gasteiger partial charge < -0.3 is 19.8 Å². The Morgan fingerprint density at radius 2 is 1.61 bits per heavy atom. The van der Waals surface area contributed by atoms with E-state index in [9.17, 15) is 10.2 Å². The van der Waals surface area contributed by atoms with Crippen molar-refractivity contribution in [2.24, 2.45) is 0 Å².